The van der Waals surface area contributed by atoms with Gasteiger partial charge in [-0.1, -0.05) is 37.8 Å². The van der Waals surface area contributed by atoms with E-state index >= 15 is 0 Å². The van der Waals surface area contributed by atoms with Gasteiger partial charge in [-0.25, -0.2) is 0 Å². The highest BCUT2D eigenvalue weighted by Gasteiger charge is 2.45. The Morgan fingerprint density at radius 2 is 1.94 bits per heavy atom. The minimum absolute atomic E-state index is 0.138. The van der Waals surface area contributed by atoms with E-state index in [0.29, 0.717) is 12.3 Å². The topological polar surface area (TPSA) is 48.0 Å². The third-order valence-corrected chi connectivity index (χ3v) is 8.01. The number of rotatable bonds is 10. The number of aryl methyl sites for hydroxylation is 1. The molecule has 1 saturated heterocycles. The molecule has 0 aromatic heterocycles. The molecule has 1 fully saturated rings. The summed E-state index contributed by atoms with van der Waals surface area (Å²) in [6.07, 6.45) is 11.7. The average Bonchev–Trinajstić information content (AvgIpc) is 2.81. The molecule has 2 aliphatic heterocycles. The predicted octanol–water partition coefficient (Wildman–Crippen LogP) is 6.44. The van der Waals surface area contributed by atoms with E-state index in [1.54, 1.807) is 0 Å². The Morgan fingerprint density at radius 1 is 1.14 bits per heavy atom. The zero-order valence-electron chi connectivity index (χ0n) is 22.4. The first-order valence-electron chi connectivity index (χ1n) is 13.9. The highest BCUT2D eigenvalue weighted by atomic mass is 16.5. The first-order chi connectivity index (χ1) is 16.9. The van der Waals surface area contributed by atoms with Gasteiger partial charge in [0.2, 0.25) is 0 Å². The van der Waals surface area contributed by atoms with Crippen LogP contribution in [0.2, 0.25) is 0 Å². The molecule has 0 N–H and O–H groups in total. The molecule has 35 heavy (non-hydrogen) atoms. The predicted molar refractivity (Wildman–Crippen MR) is 140 cm³/mol. The maximum Gasteiger partial charge on any atom is 0.311 e. The molecule has 0 saturated carbocycles. The van der Waals surface area contributed by atoms with E-state index < -0.39 is 0 Å². The Labute approximate surface area is 212 Å². The van der Waals surface area contributed by atoms with Crippen LogP contribution in [0.4, 0.5) is 0 Å². The molecule has 0 radical (unpaired) electrons. The lowest BCUT2D eigenvalue weighted by Gasteiger charge is -2.46. The number of carbonyl (C=O) groups is 1. The number of hydrogen-bond donors (Lipinski definition) is 0. The van der Waals surface area contributed by atoms with Crippen molar-refractivity contribution in [1.82, 2.24) is 4.90 Å². The molecule has 0 amide bonds. The van der Waals surface area contributed by atoms with Gasteiger partial charge in [0.1, 0.15) is 17.1 Å². The molecule has 194 valence electrons. The van der Waals surface area contributed by atoms with Gasteiger partial charge in [-0.15, -0.1) is 0 Å². The van der Waals surface area contributed by atoms with Crippen LogP contribution in [0.5, 0.6) is 11.5 Å². The maximum atomic E-state index is 13.0. The fourth-order valence-electron chi connectivity index (χ4n) is 5.99. The fourth-order valence-corrected chi connectivity index (χ4v) is 5.99. The van der Waals surface area contributed by atoms with Gasteiger partial charge in [0, 0.05) is 36.9 Å². The van der Waals surface area contributed by atoms with Crippen LogP contribution in [-0.4, -0.2) is 49.3 Å². The lowest BCUT2D eigenvalue weighted by molar-refractivity contribution is -0.134. The van der Waals surface area contributed by atoms with Crippen molar-refractivity contribution in [2.45, 2.75) is 97.0 Å². The zero-order valence-corrected chi connectivity index (χ0v) is 22.4. The lowest BCUT2D eigenvalue weighted by Crippen LogP contribution is -2.45. The third kappa shape index (κ3) is 6.68. The second-order valence-corrected chi connectivity index (χ2v) is 11.2. The smallest absolute Gasteiger partial charge is 0.311 e. The van der Waals surface area contributed by atoms with Crippen molar-refractivity contribution in [1.29, 1.82) is 0 Å². The number of benzene rings is 1. The largest absolute Gasteiger partial charge is 0.487 e. The van der Waals surface area contributed by atoms with Crippen LogP contribution in [0.1, 0.15) is 96.1 Å². The summed E-state index contributed by atoms with van der Waals surface area (Å²) in [4.78, 5) is 15.3. The van der Waals surface area contributed by atoms with E-state index in [4.69, 9.17) is 14.2 Å². The number of esters is 1. The van der Waals surface area contributed by atoms with Crippen molar-refractivity contribution < 1.29 is 19.0 Å². The lowest BCUT2D eigenvalue weighted by atomic mass is 9.68. The van der Waals surface area contributed by atoms with Gasteiger partial charge in [-0.05, 0) is 77.1 Å². The summed E-state index contributed by atoms with van der Waals surface area (Å²) in [5.74, 6) is 2.11. The molecule has 1 aromatic carbocycles. The van der Waals surface area contributed by atoms with Crippen LogP contribution in [0.25, 0.3) is 0 Å². The van der Waals surface area contributed by atoms with Gasteiger partial charge in [-0.2, -0.15) is 0 Å². The number of morpholine rings is 1. The number of fused-ring (bicyclic) bond motifs is 3. The number of nitrogens with zero attached hydrogens (tertiary/aromatic N) is 1. The van der Waals surface area contributed by atoms with Gasteiger partial charge in [0.05, 0.1) is 13.2 Å². The van der Waals surface area contributed by atoms with Crippen LogP contribution in [-0.2, 0) is 16.0 Å². The Balaban J connectivity index is 1.54. The van der Waals surface area contributed by atoms with E-state index in [-0.39, 0.29) is 17.5 Å². The van der Waals surface area contributed by atoms with E-state index in [1.807, 2.05) is 0 Å². The summed E-state index contributed by atoms with van der Waals surface area (Å²) in [5, 5.41) is 0. The molecule has 5 nitrogen and oxygen atoms in total. The molecule has 4 rings (SSSR count). The molecule has 1 aliphatic carbocycles. The summed E-state index contributed by atoms with van der Waals surface area (Å²) in [5.41, 5.74) is 3.46. The van der Waals surface area contributed by atoms with Crippen LogP contribution in [0.15, 0.2) is 23.8 Å². The van der Waals surface area contributed by atoms with Crippen LogP contribution >= 0.6 is 0 Å². The SMILES string of the molecule is CCCCCCc1cc(OC(=O)CCCN2CCOCC2)c2c(c1)OC(C)(C)[C@@H]1CCC(C)=CC21. The number of carbonyl (C=O) groups excluding carboxylic acids is 1. The fraction of sp³-hybridized carbons (Fsp3) is 0.700. The summed E-state index contributed by atoms with van der Waals surface area (Å²) in [6, 6.07) is 4.34. The molecule has 0 bridgehead atoms. The monoisotopic (exact) mass is 483 g/mol. The van der Waals surface area contributed by atoms with Crippen LogP contribution in [0.3, 0.4) is 0 Å². The minimum Gasteiger partial charge on any atom is -0.487 e. The second-order valence-electron chi connectivity index (χ2n) is 11.2. The molecular weight excluding hydrogens is 438 g/mol. The molecule has 0 spiro atoms. The molecule has 1 aromatic rings. The summed E-state index contributed by atoms with van der Waals surface area (Å²) in [7, 11) is 0. The standard InChI is InChI=1S/C30H45NO4/c1-5-6-7-8-10-23-20-26(34-28(32)11-9-14-31-15-17-33-18-16-31)29-24-19-22(2)12-13-25(24)30(3,4)35-27(29)21-23/h19-21,24-25H,5-18H2,1-4H3/t24?,25-/m1/s1. The number of allylic oxidation sites excluding steroid dienone is 2. The maximum absolute atomic E-state index is 13.0. The van der Waals surface area contributed by atoms with Gasteiger partial charge in [-0.3, -0.25) is 9.69 Å². The second kappa shape index (κ2) is 11.9. The zero-order chi connectivity index (χ0) is 24.8. The Bertz CT molecular complexity index is 900. The number of hydrogen-bond acceptors (Lipinski definition) is 5. The summed E-state index contributed by atoms with van der Waals surface area (Å²) in [6.45, 7) is 13.3. The van der Waals surface area contributed by atoms with E-state index in [1.165, 1.54) is 30.4 Å². The minimum atomic E-state index is -0.241. The molecule has 2 atom stereocenters. The first-order valence-corrected chi connectivity index (χ1v) is 13.9. The van der Waals surface area contributed by atoms with E-state index in [0.717, 1.165) is 82.0 Å². The van der Waals surface area contributed by atoms with Gasteiger partial charge in [0.25, 0.3) is 0 Å². The van der Waals surface area contributed by atoms with Crippen LogP contribution < -0.4 is 9.47 Å². The van der Waals surface area contributed by atoms with Gasteiger partial charge < -0.3 is 14.2 Å². The molecule has 1 unspecified atom stereocenters. The van der Waals surface area contributed by atoms with Crippen LogP contribution in [0, 0.1) is 5.92 Å². The summed E-state index contributed by atoms with van der Waals surface area (Å²) < 4.78 is 18.2. The number of ether oxygens (including phenoxy) is 3. The summed E-state index contributed by atoms with van der Waals surface area (Å²) >= 11 is 0. The number of unbranched alkanes of at least 4 members (excludes halogenated alkanes) is 3. The van der Waals surface area contributed by atoms with Crippen molar-refractivity contribution in [3.05, 3.63) is 34.9 Å². The van der Waals surface area contributed by atoms with Crippen molar-refractivity contribution >= 4 is 5.97 Å². The van der Waals surface area contributed by atoms with Crippen molar-refractivity contribution in [3.63, 3.8) is 0 Å². The van der Waals surface area contributed by atoms with Gasteiger partial charge in [0.15, 0.2) is 0 Å². The van der Waals surface area contributed by atoms with E-state index in [2.05, 4.69) is 50.8 Å². The first kappa shape index (κ1) is 26.2. The molecule has 3 aliphatic rings. The molecule has 2 heterocycles. The molecule has 5 heteroatoms. The van der Waals surface area contributed by atoms with E-state index in [9.17, 15) is 4.79 Å². The molecular formula is C30H45NO4. The Hall–Kier alpha value is -1.85. The van der Waals surface area contributed by atoms with Crippen molar-refractivity contribution in [2.75, 3.05) is 32.8 Å². The van der Waals surface area contributed by atoms with Crippen molar-refractivity contribution in [2.24, 2.45) is 5.92 Å². The van der Waals surface area contributed by atoms with Gasteiger partial charge >= 0.3 is 5.97 Å². The highest BCUT2D eigenvalue weighted by molar-refractivity contribution is 5.74. The normalized spacial score (nSPS) is 23.6. The third-order valence-electron chi connectivity index (χ3n) is 8.01. The Kier molecular flexibility index (Phi) is 8.93. The Morgan fingerprint density at radius 3 is 2.71 bits per heavy atom. The highest BCUT2D eigenvalue weighted by Crippen LogP contribution is 2.53. The quantitative estimate of drug-likeness (QED) is 0.166. The van der Waals surface area contributed by atoms with Crippen molar-refractivity contribution in [3.8, 4) is 11.5 Å². The average molecular weight is 484 g/mol.